The van der Waals surface area contributed by atoms with Gasteiger partial charge in [0.15, 0.2) is 0 Å². The normalized spacial score (nSPS) is 39.0. The summed E-state index contributed by atoms with van der Waals surface area (Å²) < 4.78 is 19.7. The first-order valence-electron chi connectivity index (χ1n) is 8.04. The Morgan fingerprint density at radius 1 is 1.27 bits per heavy atom. The van der Waals surface area contributed by atoms with Crippen molar-refractivity contribution in [3.63, 3.8) is 0 Å². The fourth-order valence-electron chi connectivity index (χ4n) is 5.88. The minimum atomic E-state index is -0.681. The van der Waals surface area contributed by atoms with Gasteiger partial charge in [-0.2, -0.15) is 0 Å². The largest absolute Gasteiger partial charge is 0.497 e. The molecule has 0 amide bonds. The molecule has 0 aromatic heterocycles. The van der Waals surface area contributed by atoms with Crippen molar-refractivity contribution in [1.82, 2.24) is 0 Å². The second kappa shape index (κ2) is 4.46. The quantitative estimate of drug-likeness (QED) is 0.925. The van der Waals surface area contributed by atoms with Gasteiger partial charge in [0, 0.05) is 6.07 Å². The van der Waals surface area contributed by atoms with E-state index in [1.165, 1.54) is 13.2 Å². The van der Waals surface area contributed by atoms with E-state index in [4.69, 9.17) is 4.74 Å². The van der Waals surface area contributed by atoms with Gasteiger partial charge >= 0.3 is 5.97 Å². The van der Waals surface area contributed by atoms with E-state index in [0.29, 0.717) is 29.6 Å². The summed E-state index contributed by atoms with van der Waals surface area (Å²) >= 11 is 0. The molecule has 4 aliphatic carbocycles. The lowest BCUT2D eigenvalue weighted by Gasteiger charge is -2.60. The zero-order valence-electron chi connectivity index (χ0n) is 12.8. The number of methoxy groups -OCH3 is 1. The number of hydrogen-bond acceptors (Lipinski definition) is 2. The molecule has 1 aromatic rings. The maximum atomic E-state index is 14.6. The molecule has 0 radical (unpaired) electrons. The Labute approximate surface area is 129 Å². The van der Waals surface area contributed by atoms with E-state index in [9.17, 15) is 14.3 Å². The van der Waals surface area contributed by atoms with Gasteiger partial charge < -0.3 is 9.84 Å². The Morgan fingerprint density at radius 3 is 2.50 bits per heavy atom. The zero-order valence-corrected chi connectivity index (χ0v) is 12.8. The number of ether oxygens (including phenoxy) is 1. The standard InChI is InChI=1S/C18H21FO3/c1-22-13-2-3-14(15(19)5-13)17-6-11-4-12(7-17)9-18(8-11,10-17)16(20)21/h2-3,5,11-12H,4,6-10H2,1H3,(H,20,21)/t11-,12+,17?,18?. The maximum absolute atomic E-state index is 14.6. The first-order chi connectivity index (χ1) is 10.5. The Bertz CT molecular complexity index is 625. The second-order valence-corrected chi connectivity index (χ2v) is 7.67. The van der Waals surface area contributed by atoms with E-state index in [1.54, 1.807) is 6.07 Å². The van der Waals surface area contributed by atoms with Gasteiger partial charge in [0.25, 0.3) is 0 Å². The monoisotopic (exact) mass is 304 g/mol. The van der Waals surface area contributed by atoms with Gasteiger partial charge in [0.1, 0.15) is 11.6 Å². The highest BCUT2D eigenvalue weighted by Gasteiger charge is 2.61. The molecule has 4 bridgehead atoms. The molecule has 22 heavy (non-hydrogen) atoms. The van der Waals surface area contributed by atoms with Gasteiger partial charge in [-0.25, -0.2) is 4.39 Å². The van der Waals surface area contributed by atoms with Crippen LogP contribution in [0.4, 0.5) is 4.39 Å². The summed E-state index contributed by atoms with van der Waals surface area (Å²) in [4.78, 5) is 11.9. The van der Waals surface area contributed by atoms with Crippen LogP contribution in [-0.4, -0.2) is 18.2 Å². The van der Waals surface area contributed by atoms with Crippen molar-refractivity contribution in [1.29, 1.82) is 0 Å². The molecule has 4 aliphatic rings. The van der Waals surface area contributed by atoms with Crippen LogP contribution in [-0.2, 0) is 10.2 Å². The highest BCUT2D eigenvalue weighted by molar-refractivity contribution is 5.76. The van der Waals surface area contributed by atoms with E-state index in [-0.39, 0.29) is 11.2 Å². The molecule has 1 N–H and O–H groups in total. The lowest BCUT2D eigenvalue weighted by Crippen LogP contribution is -2.57. The lowest BCUT2D eigenvalue weighted by molar-refractivity contribution is -0.167. The molecule has 4 saturated carbocycles. The first-order valence-corrected chi connectivity index (χ1v) is 8.04. The summed E-state index contributed by atoms with van der Waals surface area (Å²) in [5.41, 5.74) is -0.219. The van der Waals surface area contributed by atoms with Gasteiger partial charge in [0.05, 0.1) is 12.5 Å². The van der Waals surface area contributed by atoms with Gasteiger partial charge in [-0.3, -0.25) is 4.79 Å². The van der Waals surface area contributed by atoms with E-state index in [2.05, 4.69) is 0 Å². The average Bonchev–Trinajstić information content (AvgIpc) is 2.45. The molecule has 0 aliphatic heterocycles. The molecule has 1 aromatic carbocycles. The maximum Gasteiger partial charge on any atom is 0.309 e. The van der Waals surface area contributed by atoms with Crippen LogP contribution in [0.1, 0.15) is 44.1 Å². The topological polar surface area (TPSA) is 46.5 Å². The van der Waals surface area contributed by atoms with Crippen molar-refractivity contribution in [2.45, 2.75) is 43.9 Å². The SMILES string of the molecule is COc1ccc(C23C[C@@H]4C[C@@H](CC(C(=O)O)(C4)C2)C3)c(F)c1. The Kier molecular flexibility index (Phi) is 2.85. The van der Waals surface area contributed by atoms with Gasteiger partial charge in [-0.1, -0.05) is 6.07 Å². The molecule has 4 atom stereocenters. The number of benzene rings is 1. The second-order valence-electron chi connectivity index (χ2n) is 7.67. The number of rotatable bonds is 3. The molecule has 0 heterocycles. The highest BCUT2D eigenvalue weighted by Crippen LogP contribution is 2.66. The number of aliphatic carboxylic acids is 1. The summed E-state index contributed by atoms with van der Waals surface area (Å²) in [5, 5.41) is 9.78. The minimum Gasteiger partial charge on any atom is -0.497 e. The van der Waals surface area contributed by atoms with Gasteiger partial charge in [-0.15, -0.1) is 0 Å². The van der Waals surface area contributed by atoms with Crippen LogP contribution in [0.5, 0.6) is 5.75 Å². The number of carbonyl (C=O) groups is 1. The van der Waals surface area contributed by atoms with Crippen LogP contribution < -0.4 is 4.74 Å². The van der Waals surface area contributed by atoms with E-state index in [1.807, 2.05) is 6.07 Å². The first kappa shape index (κ1) is 14.0. The summed E-state index contributed by atoms with van der Waals surface area (Å²) in [6.45, 7) is 0. The van der Waals surface area contributed by atoms with Crippen LogP contribution in [0, 0.1) is 23.1 Å². The van der Waals surface area contributed by atoms with Crippen LogP contribution in [0.25, 0.3) is 0 Å². The van der Waals surface area contributed by atoms with Crippen molar-refractivity contribution in [2.24, 2.45) is 17.3 Å². The van der Waals surface area contributed by atoms with Gasteiger partial charge in [-0.05, 0) is 67.4 Å². The number of carboxylic acids is 1. The molecule has 5 rings (SSSR count). The van der Waals surface area contributed by atoms with Crippen molar-refractivity contribution >= 4 is 5.97 Å². The summed E-state index contributed by atoms with van der Waals surface area (Å²) in [5.74, 6) is 0.443. The third-order valence-corrected chi connectivity index (χ3v) is 6.26. The van der Waals surface area contributed by atoms with Crippen molar-refractivity contribution in [2.75, 3.05) is 7.11 Å². The summed E-state index contributed by atoms with van der Waals surface area (Å²) in [6, 6.07) is 5.04. The van der Waals surface area contributed by atoms with Crippen molar-refractivity contribution in [3.05, 3.63) is 29.6 Å². The van der Waals surface area contributed by atoms with Crippen LogP contribution in [0.2, 0.25) is 0 Å². The molecule has 4 fully saturated rings. The molecule has 118 valence electrons. The molecule has 4 heteroatoms. The Balaban J connectivity index is 1.79. The summed E-state index contributed by atoms with van der Waals surface area (Å²) in [7, 11) is 1.53. The van der Waals surface area contributed by atoms with Crippen molar-refractivity contribution in [3.8, 4) is 5.75 Å². The predicted octanol–water partition coefficient (Wildman–Crippen LogP) is 3.76. The van der Waals surface area contributed by atoms with E-state index >= 15 is 0 Å². The minimum absolute atomic E-state index is 0.248. The third-order valence-electron chi connectivity index (χ3n) is 6.26. The highest BCUT2D eigenvalue weighted by atomic mass is 19.1. The summed E-state index contributed by atoms with van der Waals surface area (Å²) in [6.07, 6.45) is 5.13. The number of halogens is 1. The Hall–Kier alpha value is -1.58. The molecule has 0 saturated heterocycles. The smallest absolute Gasteiger partial charge is 0.309 e. The number of carboxylic acid groups (broad SMARTS) is 1. The van der Waals surface area contributed by atoms with E-state index < -0.39 is 11.4 Å². The lowest BCUT2D eigenvalue weighted by atomic mass is 9.43. The van der Waals surface area contributed by atoms with E-state index in [0.717, 1.165) is 32.1 Å². The fourth-order valence-corrected chi connectivity index (χ4v) is 5.88. The predicted molar refractivity (Wildman–Crippen MR) is 79.4 cm³/mol. The molecule has 3 nitrogen and oxygen atoms in total. The number of hydrogen-bond donors (Lipinski definition) is 1. The molecule has 0 spiro atoms. The molecule has 2 unspecified atom stereocenters. The third kappa shape index (κ3) is 1.82. The van der Waals surface area contributed by atoms with Gasteiger partial charge in [0.2, 0.25) is 0 Å². The van der Waals surface area contributed by atoms with Crippen LogP contribution in [0.3, 0.4) is 0 Å². The van der Waals surface area contributed by atoms with Crippen LogP contribution >= 0.6 is 0 Å². The molecular weight excluding hydrogens is 283 g/mol. The van der Waals surface area contributed by atoms with Crippen LogP contribution in [0.15, 0.2) is 18.2 Å². The zero-order chi connectivity index (χ0) is 15.5. The molecular formula is C18H21FO3. The fraction of sp³-hybridized carbons (Fsp3) is 0.611. The van der Waals surface area contributed by atoms with Crippen molar-refractivity contribution < 1.29 is 19.0 Å². The average molecular weight is 304 g/mol. The Morgan fingerprint density at radius 2 is 1.95 bits per heavy atom.